The number of benzene rings is 1. The van der Waals surface area contributed by atoms with Crippen LogP contribution in [0.15, 0.2) is 36.5 Å². The van der Waals surface area contributed by atoms with Gasteiger partial charge < -0.3 is 20.7 Å². The summed E-state index contributed by atoms with van der Waals surface area (Å²) in [5.41, 5.74) is 0.879. The third-order valence-corrected chi connectivity index (χ3v) is 5.72. The molecule has 202 valence electrons. The zero-order valence-corrected chi connectivity index (χ0v) is 22.6. The highest BCUT2D eigenvalue weighted by molar-refractivity contribution is 5.94. The monoisotopic (exact) mass is 514 g/mol. The van der Waals surface area contributed by atoms with Crippen molar-refractivity contribution >= 4 is 23.7 Å². The zero-order valence-electron chi connectivity index (χ0n) is 22.6. The van der Waals surface area contributed by atoms with Crippen LogP contribution in [0.2, 0.25) is 0 Å². The highest BCUT2D eigenvalue weighted by Crippen LogP contribution is 2.16. The van der Waals surface area contributed by atoms with Crippen LogP contribution >= 0.6 is 0 Å². The predicted molar refractivity (Wildman–Crippen MR) is 138 cm³/mol. The maximum atomic E-state index is 13.3. The molecule has 2 aromatic rings. The van der Waals surface area contributed by atoms with E-state index in [0.717, 1.165) is 5.56 Å². The van der Waals surface area contributed by atoms with Crippen molar-refractivity contribution < 1.29 is 23.9 Å². The smallest absolute Gasteiger partial charge is 0.328 e. The summed E-state index contributed by atoms with van der Waals surface area (Å²) < 4.78 is 6.26. The summed E-state index contributed by atoms with van der Waals surface area (Å²) >= 11 is 0. The molecular formula is C26H38N6O5. The first-order valence-electron chi connectivity index (χ1n) is 12.3. The Morgan fingerprint density at radius 2 is 1.62 bits per heavy atom. The number of aromatic nitrogens is 3. The Morgan fingerprint density at radius 1 is 0.973 bits per heavy atom. The van der Waals surface area contributed by atoms with Crippen molar-refractivity contribution in [1.29, 1.82) is 0 Å². The number of hydrogen-bond acceptors (Lipinski definition) is 7. The lowest BCUT2D eigenvalue weighted by atomic mass is 9.94. The maximum Gasteiger partial charge on any atom is 0.328 e. The Labute approximate surface area is 217 Å². The quantitative estimate of drug-likeness (QED) is 0.387. The summed E-state index contributed by atoms with van der Waals surface area (Å²) in [5.74, 6) is -2.22. The molecule has 0 aliphatic carbocycles. The van der Waals surface area contributed by atoms with Gasteiger partial charge in [0, 0.05) is 17.5 Å². The Morgan fingerprint density at radius 3 is 2.19 bits per heavy atom. The van der Waals surface area contributed by atoms with E-state index in [9.17, 15) is 19.2 Å². The van der Waals surface area contributed by atoms with E-state index in [-0.39, 0.29) is 18.2 Å². The third kappa shape index (κ3) is 8.69. The molecule has 0 aliphatic rings. The van der Waals surface area contributed by atoms with E-state index in [1.807, 2.05) is 30.3 Å². The number of hydrogen-bond donors (Lipinski definition) is 3. The molecule has 1 aromatic carbocycles. The fourth-order valence-corrected chi connectivity index (χ4v) is 3.38. The third-order valence-electron chi connectivity index (χ3n) is 5.72. The summed E-state index contributed by atoms with van der Waals surface area (Å²) in [5, 5.41) is 16.4. The topological polar surface area (TPSA) is 144 Å². The van der Waals surface area contributed by atoms with Crippen molar-refractivity contribution in [1.82, 2.24) is 30.9 Å². The number of aryl methyl sites for hydroxylation is 1. The molecule has 11 nitrogen and oxygen atoms in total. The summed E-state index contributed by atoms with van der Waals surface area (Å²) in [6.07, 6.45) is 1.99. The van der Waals surface area contributed by atoms with E-state index in [4.69, 9.17) is 0 Å². The van der Waals surface area contributed by atoms with Gasteiger partial charge in [-0.1, -0.05) is 70.2 Å². The van der Waals surface area contributed by atoms with Gasteiger partial charge in [0.25, 0.3) is 0 Å². The average Bonchev–Trinajstić information content (AvgIpc) is 3.32. The minimum atomic E-state index is -0.928. The van der Waals surface area contributed by atoms with Crippen molar-refractivity contribution in [2.75, 3.05) is 7.11 Å². The molecule has 0 unspecified atom stereocenters. The highest BCUT2D eigenvalue weighted by atomic mass is 16.5. The van der Waals surface area contributed by atoms with Gasteiger partial charge in [-0.05, 0) is 19.3 Å². The molecule has 37 heavy (non-hydrogen) atoms. The van der Waals surface area contributed by atoms with Crippen LogP contribution in [0, 0.1) is 11.3 Å². The van der Waals surface area contributed by atoms with Crippen LogP contribution in [0.5, 0.6) is 0 Å². The highest BCUT2D eigenvalue weighted by Gasteiger charge is 2.32. The molecule has 3 amide bonds. The lowest BCUT2D eigenvalue weighted by Crippen LogP contribution is -2.58. The summed E-state index contributed by atoms with van der Waals surface area (Å²) in [4.78, 5) is 50.6. The van der Waals surface area contributed by atoms with Gasteiger partial charge >= 0.3 is 5.97 Å². The van der Waals surface area contributed by atoms with Gasteiger partial charge in [-0.3, -0.25) is 19.1 Å². The number of carbonyl (C=O) groups excluding carboxylic acids is 4. The summed E-state index contributed by atoms with van der Waals surface area (Å²) in [7, 11) is 1.23. The molecular weight excluding hydrogens is 476 g/mol. The van der Waals surface area contributed by atoms with Crippen LogP contribution in [-0.4, -0.2) is 63.9 Å². The molecule has 0 saturated carbocycles. The number of methoxy groups -OCH3 is 1. The van der Waals surface area contributed by atoms with Gasteiger partial charge in [0.2, 0.25) is 17.7 Å². The van der Waals surface area contributed by atoms with Crippen LogP contribution in [0.3, 0.4) is 0 Å². The molecule has 3 N–H and O–H groups in total. The number of nitrogens with zero attached hydrogens (tertiary/aromatic N) is 3. The van der Waals surface area contributed by atoms with E-state index < -0.39 is 41.3 Å². The maximum absolute atomic E-state index is 13.3. The van der Waals surface area contributed by atoms with Crippen molar-refractivity contribution in [3.63, 3.8) is 0 Å². The van der Waals surface area contributed by atoms with Crippen LogP contribution < -0.4 is 16.0 Å². The van der Waals surface area contributed by atoms with Crippen LogP contribution in [0.1, 0.15) is 48.0 Å². The molecule has 0 spiro atoms. The van der Waals surface area contributed by atoms with Gasteiger partial charge in [0.1, 0.15) is 23.8 Å². The Hall–Kier alpha value is -3.76. The fourth-order valence-electron chi connectivity index (χ4n) is 3.38. The second-order valence-corrected chi connectivity index (χ2v) is 10.3. The van der Waals surface area contributed by atoms with Crippen molar-refractivity contribution in [3.05, 3.63) is 36.5 Å². The molecule has 0 aliphatic heterocycles. The Bertz CT molecular complexity index is 1080. The standard InChI is InChI=1S/C26H38N6O5/c1-16(2)21(23(34)27-17(3)24(35)37-7)29-22(33)19(28-25(36)26(4,5)6)13-14-32-15-20(30-31-32)18-11-9-8-10-12-18/h8-12,15-17,19,21H,13-14H2,1-7H3,(H,27,34)(H,28,36)(H,29,33)/t17-,19-,21-/m0/s1. The lowest BCUT2D eigenvalue weighted by molar-refractivity contribution is -0.145. The van der Waals surface area contributed by atoms with E-state index in [1.54, 1.807) is 45.5 Å². The molecule has 0 bridgehead atoms. The van der Waals surface area contributed by atoms with E-state index >= 15 is 0 Å². The largest absolute Gasteiger partial charge is 0.467 e. The summed E-state index contributed by atoms with van der Waals surface area (Å²) in [6, 6.07) is 6.84. The number of amides is 3. The van der Waals surface area contributed by atoms with Gasteiger partial charge in [0.05, 0.1) is 13.3 Å². The number of carbonyl (C=O) groups is 4. The molecule has 0 saturated heterocycles. The zero-order chi connectivity index (χ0) is 27.8. The first kappa shape index (κ1) is 29.5. The van der Waals surface area contributed by atoms with E-state index in [1.165, 1.54) is 14.0 Å². The van der Waals surface area contributed by atoms with Gasteiger partial charge in [-0.25, -0.2) is 4.79 Å². The molecule has 0 radical (unpaired) electrons. The van der Waals surface area contributed by atoms with Crippen LogP contribution in [0.25, 0.3) is 11.3 Å². The molecule has 3 atom stereocenters. The lowest BCUT2D eigenvalue weighted by Gasteiger charge is -2.28. The number of rotatable bonds is 11. The second kappa shape index (κ2) is 13.0. The summed E-state index contributed by atoms with van der Waals surface area (Å²) in [6.45, 7) is 10.6. The van der Waals surface area contributed by atoms with E-state index in [0.29, 0.717) is 12.2 Å². The molecule has 1 heterocycles. The van der Waals surface area contributed by atoms with Crippen molar-refractivity contribution in [2.45, 2.75) is 72.6 Å². The van der Waals surface area contributed by atoms with E-state index in [2.05, 4.69) is 31.0 Å². The normalized spacial score (nSPS) is 13.8. The van der Waals surface area contributed by atoms with Crippen molar-refractivity contribution in [3.8, 4) is 11.3 Å². The second-order valence-electron chi connectivity index (χ2n) is 10.3. The fraction of sp³-hybridized carbons (Fsp3) is 0.538. The van der Waals surface area contributed by atoms with Crippen molar-refractivity contribution in [2.24, 2.45) is 11.3 Å². The van der Waals surface area contributed by atoms with Gasteiger partial charge in [-0.15, -0.1) is 5.10 Å². The molecule has 11 heteroatoms. The first-order chi connectivity index (χ1) is 17.3. The van der Waals surface area contributed by atoms with Crippen LogP contribution in [-0.2, 0) is 30.5 Å². The van der Waals surface area contributed by atoms with Gasteiger partial charge in [-0.2, -0.15) is 0 Å². The minimum Gasteiger partial charge on any atom is -0.467 e. The molecule has 1 aromatic heterocycles. The van der Waals surface area contributed by atoms with Crippen LogP contribution in [0.4, 0.5) is 0 Å². The number of esters is 1. The minimum absolute atomic E-state index is 0.218. The number of nitrogens with one attached hydrogen (secondary N) is 3. The SMILES string of the molecule is COC(=O)[C@H](C)NC(=O)[C@@H](NC(=O)[C@H](CCn1cc(-c2ccccc2)nn1)NC(=O)C(C)(C)C)C(C)C. The first-order valence-corrected chi connectivity index (χ1v) is 12.3. The predicted octanol–water partition coefficient (Wildman–Crippen LogP) is 1.68. The number of ether oxygens (including phenoxy) is 1. The molecule has 0 fully saturated rings. The molecule has 2 rings (SSSR count). The Balaban J connectivity index is 2.16. The average molecular weight is 515 g/mol. The van der Waals surface area contributed by atoms with Gasteiger partial charge in [0.15, 0.2) is 0 Å². The Kier molecular flexibility index (Phi) is 10.3.